The van der Waals surface area contributed by atoms with Gasteiger partial charge in [0, 0.05) is 4.88 Å². The predicted octanol–water partition coefficient (Wildman–Crippen LogP) is 3.93. The summed E-state index contributed by atoms with van der Waals surface area (Å²) in [4.78, 5) is 28.1. The summed E-state index contributed by atoms with van der Waals surface area (Å²) in [5.41, 5.74) is 2.34. The molecule has 0 saturated carbocycles. The first-order valence-corrected chi connectivity index (χ1v) is 9.80. The van der Waals surface area contributed by atoms with Crippen molar-refractivity contribution in [2.24, 2.45) is 0 Å². The van der Waals surface area contributed by atoms with Crippen LogP contribution in [-0.4, -0.2) is 43.0 Å². The van der Waals surface area contributed by atoms with Gasteiger partial charge in [0.05, 0.1) is 18.7 Å². The van der Waals surface area contributed by atoms with Crippen molar-refractivity contribution in [3.63, 3.8) is 0 Å². The second-order valence-electron chi connectivity index (χ2n) is 6.38. The molecule has 26 heavy (non-hydrogen) atoms. The number of carbonyl (C=O) groups excluding carboxylic acids is 2. The van der Waals surface area contributed by atoms with Crippen LogP contribution in [0.2, 0.25) is 0 Å². The fourth-order valence-electron chi connectivity index (χ4n) is 3.23. The van der Waals surface area contributed by atoms with Crippen molar-refractivity contribution in [2.75, 3.05) is 31.6 Å². The molecule has 3 rings (SSSR count). The molecular weight excluding hydrogens is 348 g/mol. The first-order valence-electron chi connectivity index (χ1n) is 8.98. The highest BCUT2D eigenvalue weighted by Crippen LogP contribution is 2.40. The molecule has 138 valence electrons. The van der Waals surface area contributed by atoms with Gasteiger partial charge in [-0.15, -0.1) is 11.3 Å². The molecule has 1 aromatic heterocycles. The summed E-state index contributed by atoms with van der Waals surface area (Å²) in [6, 6.07) is 9.89. The average Bonchev–Trinajstić information content (AvgIpc) is 3.24. The SMILES string of the molecule is CCOC(=O)c1c(NC(=O)CN2CCCC2)sc(-c2ccccc2)c1C. The van der Waals surface area contributed by atoms with Crippen molar-refractivity contribution < 1.29 is 14.3 Å². The third kappa shape index (κ3) is 4.14. The first-order chi connectivity index (χ1) is 12.6. The van der Waals surface area contributed by atoms with Gasteiger partial charge in [-0.2, -0.15) is 0 Å². The van der Waals surface area contributed by atoms with Crippen LogP contribution in [0.1, 0.15) is 35.7 Å². The fraction of sp³-hybridized carbons (Fsp3) is 0.400. The van der Waals surface area contributed by atoms with Crippen LogP contribution < -0.4 is 5.32 Å². The van der Waals surface area contributed by atoms with Crippen molar-refractivity contribution in [3.05, 3.63) is 41.5 Å². The predicted molar refractivity (Wildman–Crippen MR) is 105 cm³/mol. The summed E-state index contributed by atoms with van der Waals surface area (Å²) < 4.78 is 5.22. The lowest BCUT2D eigenvalue weighted by Gasteiger charge is -2.14. The highest BCUT2D eigenvalue weighted by molar-refractivity contribution is 7.20. The molecule has 1 fully saturated rings. The lowest BCUT2D eigenvalue weighted by Crippen LogP contribution is -2.31. The van der Waals surface area contributed by atoms with Gasteiger partial charge in [-0.25, -0.2) is 4.79 Å². The number of anilines is 1. The Kier molecular flexibility index (Phi) is 6.06. The van der Waals surface area contributed by atoms with Crippen molar-refractivity contribution >= 4 is 28.2 Å². The number of ether oxygens (including phenoxy) is 1. The number of benzene rings is 1. The minimum Gasteiger partial charge on any atom is -0.462 e. The molecule has 1 aliphatic heterocycles. The number of esters is 1. The monoisotopic (exact) mass is 372 g/mol. The molecule has 0 radical (unpaired) electrons. The standard InChI is InChI=1S/C20H24N2O3S/c1-3-25-20(24)17-14(2)18(15-9-5-4-6-10-15)26-19(17)21-16(23)13-22-11-7-8-12-22/h4-6,9-10H,3,7-8,11-13H2,1-2H3,(H,21,23). The highest BCUT2D eigenvalue weighted by Gasteiger charge is 2.25. The number of amides is 1. The third-order valence-electron chi connectivity index (χ3n) is 4.48. The smallest absolute Gasteiger partial charge is 0.341 e. The molecule has 0 bridgehead atoms. The minimum atomic E-state index is -0.389. The third-order valence-corrected chi connectivity index (χ3v) is 5.74. The van der Waals surface area contributed by atoms with Crippen LogP contribution in [0.15, 0.2) is 30.3 Å². The molecule has 0 aliphatic carbocycles. The Labute approximate surface area is 158 Å². The normalized spacial score (nSPS) is 14.4. The van der Waals surface area contributed by atoms with E-state index in [1.54, 1.807) is 6.92 Å². The van der Waals surface area contributed by atoms with E-state index in [1.807, 2.05) is 37.3 Å². The number of hydrogen-bond donors (Lipinski definition) is 1. The van der Waals surface area contributed by atoms with Crippen LogP contribution >= 0.6 is 11.3 Å². The van der Waals surface area contributed by atoms with Crippen molar-refractivity contribution in [3.8, 4) is 10.4 Å². The van der Waals surface area contributed by atoms with Gasteiger partial charge in [0.25, 0.3) is 0 Å². The van der Waals surface area contributed by atoms with Crippen LogP contribution in [-0.2, 0) is 9.53 Å². The largest absolute Gasteiger partial charge is 0.462 e. The lowest BCUT2D eigenvalue weighted by molar-refractivity contribution is -0.117. The molecule has 0 unspecified atom stereocenters. The van der Waals surface area contributed by atoms with Crippen molar-refractivity contribution in [2.45, 2.75) is 26.7 Å². The van der Waals surface area contributed by atoms with Gasteiger partial charge < -0.3 is 10.1 Å². The van der Waals surface area contributed by atoms with E-state index in [2.05, 4.69) is 10.2 Å². The molecule has 5 nitrogen and oxygen atoms in total. The van der Waals surface area contributed by atoms with E-state index in [9.17, 15) is 9.59 Å². The molecule has 1 N–H and O–H groups in total. The van der Waals surface area contributed by atoms with Crippen molar-refractivity contribution in [1.29, 1.82) is 0 Å². The number of carbonyl (C=O) groups is 2. The summed E-state index contributed by atoms with van der Waals surface area (Å²) in [6.45, 7) is 6.26. The van der Waals surface area contributed by atoms with E-state index < -0.39 is 0 Å². The van der Waals surface area contributed by atoms with E-state index in [4.69, 9.17) is 4.74 Å². The first kappa shape index (κ1) is 18.6. The summed E-state index contributed by atoms with van der Waals surface area (Å²) >= 11 is 1.43. The van der Waals surface area contributed by atoms with Crippen LogP contribution in [0.25, 0.3) is 10.4 Å². The number of hydrogen-bond acceptors (Lipinski definition) is 5. The van der Waals surface area contributed by atoms with Gasteiger partial charge in [-0.1, -0.05) is 30.3 Å². The lowest BCUT2D eigenvalue weighted by atomic mass is 10.1. The molecule has 0 spiro atoms. The number of thiophene rings is 1. The van der Waals surface area contributed by atoms with Gasteiger partial charge in [0.2, 0.25) is 5.91 Å². The molecule has 2 heterocycles. The maximum atomic E-state index is 12.5. The molecule has 2 aromatic rings. The maximum Gasteiger partial charge on any atom is 0.341 e. The molecule has 1 aromatic carbocycles. The van der Waals surface area contributed by atoms with Gasteiger partial charge in [0.15, 0.2) is 0 Å². The summed E-state index contributed by atoms with van der Waals surface area (Å²) in [5.74, 6) is -0.474. The summed E-state index contributed by atoms with van der Waals surface area (Å²) in [5, 5.41) is 3.52. The van der Waals surface area contributed by atoms with Gasteiger partial charge >= 0.3 is 5.97 Å². The van der Waals surface area contributed by atoms with Crippen LogP contribution in [0.4, 0.5) is 5.00 Å². The van der Waals surface area contributed by atoms with E-state index in [0.29, 0.717) is 23.7 Å². The Morgan fingerprint density at radius 2 is 1.88 bits per heavy atom. The molecular formula is C20H24N2O3S. The second kappa shape index (κ2) is 8.47. The Bertz CT molecular complexity index is 780. The average molecular weight is 372 g/mol. The topological polar surface area (TPSA) is 58.6 Å². The zero-order valence-corrected chi connectivity index (χ0v) is 16.0. The number of rotatable bonds is 6. The zero-order chi connectivity index (χ0) is 18.5. The van der Waals surface area contributed by atoms with E-state index >= 15 is 0 Å². The summed E-state index contributed by atoms with van der Waals surface area (Å²) in [6.07, 6.45) is 2.27. The Morgan fingerprint density at radius 3 is 2.54 bits per heavy atom. The van der Waals surface area contributed by atoms with Crippen molar-refractivity contribution in [1.82, 2.24) is 4.90 Å². The number of likely N-dealkylation sites (tertiary alicyclic amines) is 1. The number of nitrogens with zero attached hydrogens (tertiary/aromatic N) is 1. The molecule has 1 amide bonds. The van der Waals surface area contributed by atoms with Crippen LogP contribution in [0.5, 0.6) is 0 Å². The van der Waals surface area contributed by atoms with E-state index in [1.165, 1.54) is 11.3 Å². The molecule has 6 heteroatoms. The molecule has 1 aliphatic rings. The molecule has 0 atom stereocenters. The van der Waals surface area contributed by atoms with Gasteiger partial charge in [-0.3, -0.25) is 9.69 Å². The van der Waals surface area contributed by atoms with E-state index in [0.717, 1.165) is 41.9 Å². The Hall–Kier alpha value is -2.18. The molecule has 1 saturated heterocycles. The van der Waals surface area contributed by atoms with Crippen LogP contribution in [0, 0.1) is 6.92 Å². The number of nitrogens with one attached hydrogen (secondary N) is 1. The fourth-order valence-corrected chi connectivity index (χ4v) is 4.44. The quantitative estimate of drug-likeness (QED) is 0.781. The zero-order valence-electron chi connectivity index (χ0n) is 15.2. The highest BCUT2D eigenvalue weighted by atomic mass is 32.1. The second-order valence-corrected chi connectivity index (χ2v) is 7.40. The maximum absolute atomic E-state index is 12.5. The Morgan fingerprint density at radius 1 is 1.19 bits per heavy atom. The van der Waals surface area contributed by atoms with Gasteiger partial charge in [-0.05, 0) is 50.9 Å². The minimum absolute atomic E-state index is 0.0849. The van der Waals surface area contributed by atoms with Crippen LogP contribution in [0.3, 0.4) is 0 Å². The van der Waals surface area contributed by atoms with E-state index in [-0.39, 0.29) is 11.9 Å². The van der Waals surface area contributed by atoms with Gasteiger partial charge in [0.1, 0.15) is 5.00 Å². The Balaban J connectivity index is 1.89. The summed E-state index contributed by atoms with van der Waals surface area (Å²) in [7, 11) is 0.